The molecule has 1 aliphatic rings. The highest BCUT2D eigenvalue weighted by Crippen LogP contribution is 2.28. The summed E-state index contributed by atoms with van der Waals surface area (Å²) >= 11 is 0. The van der Waals surface area contributed by atoms with Crippen LogP contribution in [0.5, 0.6) is 0 Å². The van der Waals surface area contributed by atoms with Crippen molar-refractivity contribution in [2.75, 3.05) is 13.6 Å². The summed E-state index contributed by atoms with van der Waals surface area (Å²) in [7, 11) is 1.70. The molecule has 6 heteroatoms. The van der Waals surface area contributed by atoms with Crippen LogP contribution in [-0.2, 0) is 6.54 Å². The predicted molar refractivity (Wildman–Crippen MR) is 134 cm³/mol. The molecule has 0 unspecified atom stereocenters. The van der Waals surface area contributed by atoms with E-state index in [-0.39, 0.29) is 0 Å². The van der Waals surface area contributed by atoms with Crippen LogP contribution in [0.15, 0.2) is 41.5 Å². The van der Waals surface area contributed by atoms with Crippen molar-refractivity contribution in [2.24, 2.45) is 10.7 Å². The molecule has 0 bridgehead atoms. The third-order valence-corrected chi connectivity index (χ3v) is 6.51. The predicted octanol–water partition coefficient (Wildman–Crippen LogP) is 5.16. The van der Waals surface area contributed by atoms with Crippen molar-refractivity contribution in [3.63, 3.8) is 0 Å². The van der Waals surface area contributed by atoms with Crippen molar-refractivity contribution in [2.45, 2.75) is 65.0 Å². The molecule has 1 fully saturated rings. The minimum atomic E-state index is 0.481. The summed E-state index contributed by atoms with van der Waals surface area (Å²) in [5.41, 5.74) is 11.4. The normalized spacial score (nSPS) is 16.4. The zero-order chi connectivity index (χ0) is 22.5. The monoisotopic (exact) mass is 432 g/mol. The molecule has 2 heterocycles. The fourth-order valence-corrected chi connectivity index (χ4v) is 4.85. The molecule has 6 nitrogen and oxygen atoms in total. The molecule has 1 aliphatic carbocycles. The van der Waals surface area contributed by atoms with E-state index in [9.17, 15) is 0 Å². The highest BCUT2D eigenvalue weighted by Gasteiger charge is 2.21. The number of benzene rings is 1. The summed E-state index contributed by atoms with van der Waals surface area (Å²) < 4.78 is 0. The fourth-order valence-electron chi connectivity index (χ4n) is 4.85. The second-order valence-electron chi connectivity index (χ2n) is 8.96. The van der Waals surface area contributed by atoms with Crippen LogP contribution in [0.25, 0.3) is 16.5 Å². The molecule has 170 valence electrons. The molecule has 0 radical (unpaired) electrons. The number of nitrogens with two attached hydrogens (primary N) is 1. The van der Waals surface area contributed by atoms with E-state index in [4.69, 9.17) is 5.73 Å². The van der Waals surface area contributed by atoms with Gasteiger partial charge < -0.3 is 15.7 Å². The van der Waals surface area contributed by atoms with Crippen LogP contribution < -0.4 is 5.73 Å². The van der Waals surface area contributed by atoms with Crippen LogP contribution in [0, 0.1) is 6.92 Å². The number of rotatable bonds is 8. The van der Waals surface area contributed by atoms with E-state index in [0.717, 1.165) is 40.9 Å². The van der Waals surface area contributed by atoms with Gasteiger partial charge in [0.15, 0.2) is 0 Å². The zero-order valence-corrected chi connectivity index (χ0v) is 19.6. The largest absolute Gasteiger partial charge is 0.384 e. The number of imidazole rings is 1. The number of nitrogens with zero attached hydrogens (tertiary/aromatic N) is 3. The Balaban J connectivity index is 1.63. The van der Waals surface area contributed by atoms with Crippen molar-refractivity contribution in [1.29, 1.82) is 0 Å². The van der Waals surface area contributed by atoms with Gasteiger partial charge in [-0.25, -0.2) is 4.98 Å². The van der Waals surface area contributed by atoms with Crippen LogP contribution in [0.1, 0.15) is 68.2 Å². The molecule has 1 aromatic carbocycles. The Morgan fingerprint density at radius 2 is 2.00 bits per heavy atom. The van der Waals surface area contributed by atoms with Crippen LogP contribution >= 0.6 is 0 Å². The minimum absolute atomic E-state index is 0.481. The number of aryl methyl sites for hydroxylation is 1. The number of hydrogen-bond donors (Lipinski definition) is 3. The maximum atomic E-state index is 6.05. The van der Waals surface area contributed by atoms with Gasteiger partial charge in [0, 0.05) is 41.8 Å². The second-order valence-corrected chi connectivity index (χ2v) is 8.96. The van der Waals surface area contributed by atoms with Gasteiger partial charge in [-0.1, -0.05) is 32.3 Å². The lowest BCUT2D eigenvalue weighted by molar-refractivity contribution is 0.148. The number of nitrogens with one attached hydrogen (secondary N) is 2. The Kier molecular flexibility index (Phi) is 7.10. The van der Waals surface area contributed by atoms with Crippen LogP contribution in [0.3, 0.4) is 0 Å². The number of H-pyrrole nitrogens is 2. The van der Waals surface area contributed by atoms with Gasteiger partial charge in [0.25, 0.3) is 0 Å². The molecule has 4 N–H and O–H groups in total. The Morgan fingerprint density at radius 3 is 2.69 bits per heavy atom. The summed E-state index contributed by atoms with van der Waals surface area (Å²) in [5, 5.41) is 1.21. The van der Waals surface area contributed by atoms with Crippen molar-refractivity contribution in [3.05, 3.63) is 59.3 Å². The Hall–Kier alpha value is -2.86. The van der Waals surface area contributed by atoms with E-state index < -0.39 is 0 Å². The molecule has 0 aliphatic heterocycles. The molecular weight excluding hydrogens is 396 g/mol. The molecule has 0 saturated heterocycles. The highest BCUT2D eigenvalue weighted by atomic mass is 15.1. The van der Waals surface area contributed by atoms with Gasteiger partial charge in [-0.15, -0.1) is 0 Å². The van der Waals surface area contributed by atoms with Gasteiger partial charge >= 0.3 is 0 Å². The van der Waals surface area contributed by atoms with E-state index in [1.165, 1.54) is 56.0 Å². The third kappa shape index (κ3) is 5.13. The highest BCUT2D eigenvalue weighted by molar-refractivity contribution is 6.01. The Labute approximate surface area is 191 Å². The standard InChI is InChI=1S/C26H36N6/c1-4-12-32(21-8-6-5-7-9-21)17-19-10-11-23-20(13-19)14-24(31-23)22(15-26(27)28-3)25-16-29-18(2)30-25/h10-11,13-16,21,31H,4-9,12,17H2,1-3H3,(H2,27,28)(H,29,30)/b22-15-. The molecule has 4 rings (SSSR count). The van der Waals surface area contributed by atoms with Crippen LogP contribution in [0.4, 0.5) is 0 Å². The van der Waals surface area contributed by atoms with Gasteiger partial charge in [-0.3, -0.25) is 9.89 Å². The molecule has 2 aromatic heterocycles. The molecule has 0 atom stereocenters. The first kappa shape index (κ1) is 22.3. The fraction of sp³-hybridized carbons (Fsp3) is 0.462. The molecule has 1 saturated carbocycles. The maximum absolute atomic E-state index is 6.05. The third-order valence-electron chi connectivity index (χ3n) is 6.51. The lowest BCUT2D eigenvalue weighted by atomic mass is 9.93. The summed E-state index contributed by atoms with van der Waals surface area (Å²) in [6.45, 7) is 6.42. The summed E-state index contributed by atoms with van der Waals surface area (Å²) in [6.07, 6.45) is 11.8. The summed E-state index contributed by atoms with van der Waals surface area (Å²) in [4.78, 5) is 18.1. The number of aromatic amines is 2. The van der Waals surface area contributed by atoms with Crippen molar-refractivity contribution < 1.29 is 0 Å². The first-order valence-corrected chi connectivity index (χ1v) is 11.9. The van der Waals surface area contributed by atoms with Gasteiger partial charge in [-0.05, 0) is 62.6 Å². The number of fused-ring (bicyclic) bond motifs is 1. The lowest BCUT2D eigenvalue weighted by Gasteiger charge is -2.34. The molecule has 0 spiro atoms. The zero-order valence-electron chi connectivity index (χ0n) is 19.6. The number of aliphatic imine (C=N–C) groups is 1. The molecular formula is C26H36N6. The van der Waals surface area contributed by atoms with E-state index >= 15 is 0 Å². The average molecular weight is 433 g/mol. The van der Waals surface area contributed by atoms with Crippen LogP contribution in [0.2, 0.25) is 0 Å². The lowest BCUT2D eigenvalue weighted by Crippen LogP contribution is -2.36. The van der Waals surface area contributed by atoms with Gasteiger partial charge in [0.05, 0.1) is 11.9 Å². The van der Waals surface area contributed by atoms with E-state index in [1.807, 2.05) is 19.2 Å². The van der Waals surface area contributed by atoms with E-state index in [2.05, 4.69) is 56.0 Å². The van der Waals surface area contributed by atoms with Crippen molar-refractivity contribution >= 4 is 22.3 Å². The Bertz CT molecular complexity index is 1100. The van der Waals surface area contributed by atoms with Gasteiger partial charge in [0.2, 0.25) is 0 Å². The average Bonchev–Trinajstić information content (AvgIpc) is 3.43. The maximum Gasteiger partial charge on any atom is 0.118 e. The first-order chi connectivity index (χ1) is 15.6. The van der Waals surface area contributed by atoms with E-state index in [1.54, 1.807) is 7.05 Å². The quantitative estimate of drug-likeness (QED) is 0.339. The van der Waals surface area contributed by atoms with Crippen molar-refractivity contribution in [1.82, 2.24) is 19.9 Å². The van der Waals surface area contributed by atoms with Crippen LogP contribution in [-0.4, -0.2) is 45.3 Å². The van der Waals surface area contributed by atoms with Gasteiger partial charge in [-0.2, -0.15) is 0 Å². The van der Waals surface area contributed by atoms with E-state index in [0.29, 0.717) is 5.84 Å². The second kappa shape index (κ2) is 10.2. The molecule has 0 amide bonds. The minimum Gasteiger partial charge on any atom is -0.384 e. The SMILES string of the molecule is CCCN(Cc1ccc2[nH]c(/C(=C/C(N)=NC)c3cnc(C)[nH]3)cc2c1)C1CCCCC1. The number of hydrogen-bond acceptors (Lipinski definition) is 3. The Morgan fingerprint density at radius 1 is 1.19 bits per heavy atom. The first-order valence-electron chi connectivity index (χ1n) is 11.9. The number of amidine groups is 1. The smallest absolute Gasteiger partial charge is 0.118 e. The topological polar surface area (TPSA) is 86.1 Å². The summed E-state index contributed by atoms with van der Waals surface area (Å²) in [6, 6.07) is 9.73. The van der Waals surface area contributed by atoms with Gasteiger partial charge in [0.1, 0.15) is 11.7 Å². The number of aromatic nitrogens is 3. The molecule has 32 heavy (non-hydrogen) atoms. The summed E-state index contributed by atoms with van der Waals surface area (Å²) in [5.74, 6) is 1.35. The molecule has 3 aromatic rings. The van der Waals surface area contributed by atoms with Crippen molar-refractivity contribution in [3.8, 4) is 0 Å².